The zero-order valence-corrected chi connectivity index (χ0v) is 12.4. The molecule has 1 saturated heterocycles. The van der Waals surface area contributed by atoms with Crippen molar-refractivity contribution in [1.29, 1.82) is 0 Å². The molecule has 0 bridgehead atoms. The third-order valence-electron chi connectivity index (χ3n) is 3.65. The third-order valence-corrected chi connectivity index (χ3v) is 3.65. The van der Waals surface area contributed by atoms with Crippen LogP contribution in [0.15, 0.2) is 30.6 Å². The van der Waals surface area contributed by atoms with Crippen LogP contribution in [0.5, 0.6) is 5.75 Å². The third kappa shape index (κ3) is 2.95. The van der Waals surface area contributed by atoms with E-state index in [2.05, 4.69) is 31.8 Å². The maximum Gasteiger partial charge on any atom is 0.180 e. The monoisotopic (exact) mass is 285 g/mol. The van der Waals surface area contributed by atoms with Gasteiger partial charge in [0, 0.05) is 32.4 Å². The summed E-state index contributed by atoms with van der Waals surface area (Å²) in [4.78, 5) is 17.9. The van der Waals surface area contributed by atoms with Crippen molar-refractivity contribution in [1.82, 2.24) is 19.9 Å². The number of hydrogen-bond donors (Lipinski definition) is 0. The number of ether oxygens (including phenoxy) is 1. The van der Waals surface area contributed by atoms with Gasteiger partial charge in [-0.25, -0.2) is 9.97 Å². The van der Waals surface area contributed by atoms with Crippen molar-refractivity contribution < 1.29 is 4.74 Å². The number of rotatable bonds is 3. The molecule has 0 N–H and O–H groups in total. The van der Waals surface area contributed by atoms with Gasteiger partial charge in [0.15, 0.2) is 17.4 Å². The van der Waals surface area contributed by atoms with E-state index in [1.807, 2.05) is 18.2 Å². The number of methoxy groups -OCH3 is 1. The van der Waals surface area contributed by atoms with Crippen LogP contribution < -0.4 is 9.64 Å². The van der Waals surface area contributed by atoms with Crippen LogP contribution in [0.1, 0.15) is 0 Å². The predicted octanol–water partition coefficient (Wildman–Crippen LogP) is 1.30. The van der Waals surface area contributed by atoms with E-state index in [0.29, 0.717) is 11.6 Å². The minimum absolute atomic E-state index is 0.630. The number of hydrogen-bond acceptors (Lipinski definition) is 6. The lowest BCUT2D eigenvalue weighted by Crippen LogP contribution is -2.45. The molecule has 2 aromatic heterocycles. The van der Waals surface area contributed by atoms with E-state index in [0.717, 1.165) is 37.7 Å². The Kier molecular flexibility index (Phi) is 3.96. The first-order valence-electron chi connectivity index (χ1n) is 7.04. The highest BCUT2D eigenvalue weighted by Crippen LogP contribution is 2.27. The minimum atomic E-state index is 0.630. The zero-order chi connectivity index (χ0) is 14.7. The maximum atomic E-state index is 5.42. The Morgan fingerprint density at radius 1 is 1.10 bits per heavy atom. The van der Waals surface area contributed by atoms with Crippen LogP contribution in [0.3, 0.4) is 0 Å². The largest absolute Gasteiger partial charge is 0.491 e. The van der Waals surface area contributed by atoms with Crippen LogP contribution in [0.2, 0.25) is 0 Å². The van der Waals surface area contributed by atoms with Crippen LogP contribution in [-0.2, 0) is 0 Å². The molecule has 6 heteroatoms. The Labute approximate surface area is 124 Å². The highest BCUT2D eigenvalue weighted by Gasteiger charge is 2.20. The van der Waals surface area contributed by atoms with E-state index in [1.54, 1.807) is 19.5 Å². The number of pyridine rings is 1. The van der Waals surface area contributed by atoms with Crippen LogP contribution in [0, 0.1) is 0 Å². The van der Waals surface area contributed by atoms with E-state index in [4.69, 9.17) is 4.74 Å². The Morgan fingerprint density at radius 3 is 2.57 bits per heavy atom. The normalized spacial score (nSPS) is 16.0. The van der Waals surface area contributed by atoms with Gasteiger partial charge in [0.05, 0.1) is 13.3 Å². The van der Waals surface area contributed by atoms with Crippen LogP contribution in [0.25, 0.3) is 11.5 Å². The van der Waals surface area contributed by atoms with E-state index in [1.165, 1.54) is 0 Å². The number of nitrogens with zero attached hydrogens (tertiary/aromatic N) is 5. The van der Waals surface area contributed by atoms with Gasteiger partial charge >= 0.3 is 0 Å². The predicted molar refractivity (Wildman–Crippen MR) is 81.5 cm³/mol. The zero-order valence-electron chi connectivity index (χ0n) is 12.4. The summed E-state index contributed by atoms with van der Waals surface area (Å²) >= 11 is 0. The lowest BCUT2D eigenvalue weighted by atomic mass is 10.3. The van der Waals surface area contributed by atoms with Crippen molar-refractivity contribution in [3.63, 3.8) is 0 Å². The summed E-state index contributed by atoms with van der Waals surface area (Å²) < 4.78 is 5.42. The number of aromatic nitrogens is 3. The first-order chi connectivity index (χ1) is 10.3. The lowest BCUT2D eigenvalue weighted by molar-refractivity contribution is 0.310. The first kappa shape index (κ1) is 13.8. The SMILES string of the molecule is COc1cnc(-c2ccccn2)nc1N1CCN(C)CC1. The molecule has 0 spiro atoms. The van der Waals surface area contributed by atoms with Gasteiger partial charge in [0.25, 0.3) is 0 Å². The van der Waals surface area contributed by atoms with Crippen molar-refractivity contribution in [2.24, 2.45) is 0 Å². The van der Waals surface area contributed by atoms with Crippen molar-refractivity contribution in [3.8, 4) is 17.3 Å². The molecule has 0 aromatic carbocycles. The number of piperazine rings is 1. The van der Waals surface area contributed by atoms with E-state index < -0.39 is 0 Å². The standard InChI is InChI=1S/C15H19N5O/c1-19-7-9-20(10-8-19)15-13(21-2)11-17-14(18-15)12-5-3-4-6-16-12/h3-6,11H,7-10H2,1-2H3. The van der Waals surface area contributed by atoms with E-state index >= 15 is 0 Å². The smallest absolute Gasteiger partial charge is 0.180 e. The lowest BCUT2D eigenvalue weighted by Gasteiger charge is -2.33. The minimum Gasteiger partial charge on any atom is -0.491 e. The summed E-state index contributed by atoms with van der Waals surface area (Å²) in [6, 6.07) is 5.73. The van der Waals surface area contributed by atoms with Crippen LogP contribution in [-0.4, -0.2) is 60.2 Å². The maximum absolute atomic E-state index is 5.42. The molecule has 6 nitrogen and oxygen atoms in total. The van der Waals surface area contributed by atoms with Crippen molar-refractivity contribution in [3.05, 3.63) is 30.6 Å². The highest BCUT2D eigenvalue weighted by atomic mass is 16.5. The summed E-state index contributed by atoms with van der Waals surface area (Å²) in [5, 5.41) is 0. The molecule has 110 valence electrons. The molecule has 0 radical (unpaired) electrons. The Hall–Kier alpha value is -2.21. The molecule has 3 rings (SSSR count). The summed E-state index contributed by atoms with van der Waals surface area (Å²) in [6.07, 6.45) is 3.48. The quantitative estimate of drug-likeness (QED) is 0.847. The molecule has 0 saturated carbocycles. The van der Waals surface area contributed by atoms with E-state index in [9.17, 15) is 0 Å². The fourth-order valence-electron chi connectivity index (χ4n) is 2.37. The molecule has 21 heavy (non-hydrogen) atoms. The fraction of sp³-hybridized carbons (Fsp3) is 0.400. The number of anilines is 1. The van der Waals surface area contributed by atoms with Crippen molar-refractivity contribution >= 4 is 5.82 Å². The molecule has 0 aliphatic carbocycles. The van der Waals surface area contributed by atoms with Gasteiger partial charge < -0.3 is 14.5 Å². The second-order valence-corrected chi connectivity index (χ2v) is 5.09. The molecular weight excluding hydrogens is 266 g/mol. The summed E-state index contributed by atoms with van der Waals surface area (Å²) in [6.45, 7) is 3.91. The Morgan fingerprint density at radius 2 is 1.90 bits per heavy atom. The summed E-state index contributed by atoms with van der Waals surface area (Å²) in [5.41, 5.74) is 0.774. The van der Waals surface area contributed by atoms with Crippen LogP contribution >= 0.6 is 0 Å². The van der Waals surface area contributed by atoms with Crippen LogP contribution in [0.4, 0.5) is 5.82 Å². The number of likely N-dealkylation sites (N-methyl/N-ethyl adjacent to an activating group) is 1. The summed E-state index contributed by atoms with van der Waals surface area (Å²) in [5.74, 6) is 2.19. The van der Waals surface area contributed by atoms with Gasteiger partial charge in [-0.05, 0) is 19.2 Å². The second-order valence-electron chi connectivity index (χ2n) is 5.09. The molecule has 3 heterocycles. The topological polar surface area (TPSA) is 54.4 Å². The molecule has 0 atom stereocenters. The molecular formula is C15H19N5O. The van der Waals surface area contributed by atoms with Gasteiger partial charge in [0.1, 0.15) is 5.69 Å². The van der Waals surface area contributed by atoms with Gasteiger partial charge in [0.2, 0.25) is 0 Å². The van der Waals surface area contributed by atoms with Gasteiger partial charge in [-0.2, -0.15) is 0 Å². The van der Waals surface area contributed by atoms with Crippen molar-refractivity contribution in [2.75, 3.05) is 45.2 Å². The molecule has 0 unspecified atom stereocenters. The molecule has 1 aliphatic heterocycles. The molecule has 1 aliphatic rings. The van der Waals surface area contributed by atoms with Gasteiger partial charge in [-0.1, -0.05) is 6.07 Å². The molecule has 0 amide bonds. The van der Waals surface area contributed by atoms with Gasteiger partial charge in [-0.3, -0.25) is 4.98 Å². The van der Waals surface area contributed by atoms with Gasteiger partial charge in [-0.15, -0.1) is 0 Å². The fourth-order valence-corrected chi connectivity index (χ4v) is 2.37. The average molecular weight is 285 g/mol. The highest BCUT2D eigenvalue weighted by molar-refractivity contribution is 5.58. The average Bonchev–Trinajstić information content (AvgIpc) is 2.56. The molecule has 1 fully saturated rings. The first-order valence-corrected chi connectivity index (χ1v) is 7.04. The molecule has 2 aromatic rings. The van der Waals surface area contributed by atoms with Crippen molar-refractivity contribution in [2.45, 2.75) is 0 Å². The Balaban J connectivity index is 1.94. The second kappa shape index (κ2) is 6.05. The summed E-state index contributed by atoms with van der Waals surface area (Å²) in [7, 11) is 3.78. The Bertz CT molecular complexity index is 596. The van der Waals surface area contributed by atoms with E-state index in [-0.39, 0.29) is 0 Å².